The Morgan fingerprint density at radius 3 is 2.55 bits per heavy atom. The molecule has 0 radical (unpaired) electrons. The molecule has 3 heterocycles. The number of piperidine rings is 1. The molecule has 6 nitrogen and oxygen atoms in total. The molecule has 0 saturated carbocycles. The number of nitrogens with zero attached hydrogens (tertiary/aromatic N) is 2. The quantitative estimate of drug-likeness (QED) is 0.537. The van der Waals surface area contributed by atoms with Gasteiger partial charge >= 0.3 is 6.61 Å². The third-order valence-corrected chi connectivity index (χ3v) is 6.23. The third kappa shape index (κ3) is 4.39. The highest BCUT2D eigenvalue weighted by atomic mass is 19.3. The van der Waals surface area contributed by atoms with Gasteiger partial charge in [-0.1, -0.05) is 6.07 Å². The monoisotopic (exact) mass is 426 g/mol. The smallest absolute Gasteiger partial charge is 0.387 e. The van der Waals surface area contributed by atoms with Crippen molar-refractivity contribution in [1.82, 2.24) is 15.5 Å². The number of anilines is 1. The maximum absolute atomic E-state index is 12.4. The first kappa shape index (κ1) is 19.9. The number of hydrogen-bond acceptors (Lipinski definition) is 6. The Morgan fingerprint density at radius 2 is 1.84 bits per heavy atom. The van der Waals surface area contributed by atoms with Gasteiger partial charge in [-0.05, 0) is 78.8 Å². The highest BCUT2D eigenvalue weighted by molar-refractivity contribution is 5.90. The minimum absolute atomic E-state index is 0.00175. The van der Waals surface area contributed by atoms with Crippen molar-refractivity contribution in [2.45, 2.75) is 44.4 Å². The molecule has 2 aliphatic heterocycles. The summed E-state index contributed by atoms with van der Waals surface area (Å²) in [6.45, 7) is -2.01. The van der Waals surface area contributed by atoms with Gasteiger partial charge in [0.2, 0.25) is 0 Å². The lowest BCUT2D eigenvalue weighted by atomic mass is 9.92. The molecule has 3 N–H and O–H groups in total. The Balaban J connectivity index is 1.29. The lowest BCUT2D eigenvalue weighted by Crippen LogP contribution is -2.40. The Labute approximate surface area is 178 Å². The van der Waals surface area contributed by atoms with Gasteiger partial charge in [-0.2, -0.15) is 8.78 Å². The van der Waals surface area contributed by atoms with Crippen LogP contribution in [0.15, 0.2) is 42.5 Å². The second-order valence-electron chi connectivity index (χ2n) is 8.42. The van der Waals surface area contributed by atoms with Crippen molar-refractivity contribution in [3.05, 3.63) is 42.5 Å². The number of fused-ring (bicyclic) bond motifs is 3. The molecule has 31 heavy (non-hydrogen) atoms. The summed E-state index contributed by atoms with van der Waals surface area (Å²) in [7, 11) is 0. The molecule has 0 aliphatic carbocycles. The molecule has 2 bridgehead atoms. The normalized spacial score (nSPS) is 22.7. The van der Waals surface area contributed by atoms with Gasteiger partial charge in [-0.15, -0.1) is 10.2 Å². The first-order chi connectivity index (χ1) is 15.0. The van der Waals surface area contributed by atoms with E-state index in [-0.39, 0.29) is 11.5 Å². The largest absolute Gasteiger partial charge is 0.507 e. The van der Waals surface area contributed by atoms with Crippen molar-refractivity contribution in [2.75, 3.05) is 11.9 Å². The fourth-order valence-electron chi connectivity index (χ4n) is 4.81. The molecule has 1 aromatic heterocycles. The van der Waals surface area contributed by atoms with Crippen LogP contribution in [0.5, 0.6) is 11.5 Å². The molecule has 2 aliphatic rings. The maximum Gasteiger partial charge on any atom is 0.387 e. The van der Waals surface area contributed by atoms with Gasteiger partial charge < -0.3 is 20.5 Å². The molecule has 3 aromatic rings. The molecule has 2 atom stereocenters. The summed E-state index contributed by atoms with van der Waals surface area (Å²) in [5.41, 5.74) is 1.07. The Kier molecular flexibility index (Phi) is 5.31. The molecular weight excluding hydrogens is 402 g/mol. The number of aromatic hydroxyl groups is 1. The van der Waals surface area contributed by atoms with E-state index in [1.807, 2.05) is 12.1 Å². The first-order valence-corrected chi connectivity index (χ1v) is 10.6. The standard InChI is InChI=1S/C23H24F2N4O2/c24-23(25)31-18-4-1-14-10-19(21(30)11-15(14)9-18)20-5-6-22(29-28-20)26-12-13-7-16-2-3-17(8-13)27-16/h1,4-6,9-11,13,16-17,23,27,30H,2-3,7-8,12H2,(H,26,29). The highest BCUT2D eigenvalue weighted by Gasteiger charge is 2.33. The zero-order valence-electron chi connectivity index (χ0n) is 16.9. The number of rotatable bonds is 6. The number of phenolic OH excluding ortho intramolecular Hbond substituents is 1. The van der Waals surface area contributed by atoms with Crippen LogP contribution in [0.3, 0.4) is 0 Å². The number of hydrogen-bond donors (Lipinski definition) is 3. The van der Waals surface area contributed by atoms with Gasteiger partial charge in [0.15, 0.2) is 0 Å². The maximum atomic E-state index is 12.4. The van der Waals surface area contributed by atoms with Gasteiger partial charge in [0.05, 0.1) is 5.69 Å². The Hall–Kier alpha value is -3.00. The van der Waals surface area contributed by atoms with E-state index in [1.165, 1.54) is 43.9 Å². The second kappa shape index (κ2) is 8.26. The summed E-state index contributed by atoms with van der Waals surface area (Å²) in [6, 6.07) is 12.9. The van der Waals surface area contributed by atoms with Crippen molar-refractivity contribution < 1.29 is 18.6 Å². The molecule has 0 spiro atoms. The third-order valence-electron chi connectivity index (χ3n) is 6.23. The summed E-state index contributed by atoms with van der Waals surface area (Å²) in [6.07, 6.45) is 4.96. The number of ether oxygens (including phenoxy) is 1. The average Bonchev–Trinajstić information content (AvgIpc) is 3.09. The number of nitrogens with one attached hydrogen (secondary N) is 2. The van der Waals surface area contributed by atoms with E-state index in [1.54, 1.807) is 12.1 Å². The lowest BCUT2D eigenvalue weighted by Gasteiger charge is -2.29. The van der Waals surface area contributed by atoms with Crippen LogP contribution >= 0.6 is 0 Å². The van der Waals surface area contributed by atoms with Crippen LogP contribution in [-0.2, 0) is 0 Å². The SMILES string of the molecule is Oc1cc2cc(OC(F)F)ccc2cc1-c1ccc(NCC2CC3CCC(C2)N3)nn1. The van der Waals surface area contributed by atoms with Gasteiger partial charge in [-0.25, -0.2) is 0 Å². The van der Waals surface area contributed by atoms with Gasteiger partial charge in [0, 0.05) is 24.2 Å². The van der Waals surface area contributed by atoms with Crippen LogP contribution in [0.25, 0.3) is 22.0 Å². The van der Waals surface area contributed by atoms with Crippen LogP contribution < -0.4 is 15.4 Å². The van der Waals surface area contributed by atoms with Gasteiger partial charge in [0.25, 0.3) is 0 Å². The Bertz CT molecular complexity index is 1070. The van der Waals surface area contributed by atoms with Crippen molar-refractivity contribution >= 4 is 16.6 Å². The van der Waals surface area contributed by atoms with E-state index in [4.69, 9.17) is 0 Å². The Morgan fingerprint density at radius 1 is 1.03 bits per heavy atom. The minimum atomic E-state index is -2.89. The summed E-state index contributed by atoms with van der Waals surface area (Å²) in [5, 5.41) is 27.4. The number of halogens is 2. The molecule has 162 valence electrons. The van der Waals surface area contributed by atoms with E-state index in [0.29, 0.717) is 40.5 Å². The topological polar surface area (TPSA) is 79.3 Å². The fourth-order valence-corrected chi connectivity index (χ4v) is 4.81. The zero-order valence-corrected chi connectivity index (χ0v) is 16.9. The van der Waals surface area contributed by atoms with Crippen LogP contribution in [0, 0.1) is 5.92 Å². The van der Waals surface area contributed by atoms with Crippen LogP contribution in [-0.4, -0.2) is 40.5 Å². The summed E-state index contributed by atoms with van der Waals surface area (Å²) in [4.78, 5) is 0. The molecule has 2 unspecified atom stereocenters. The zero-order chi connectivity index (χ0) is 21.4. The van der Waals surface area contributed by atoms with E-state index >= 15 is 0 Å². The lowest BCUT2D eigenvalue weighted by molar-refractivity contribution is -0.0497. The predicted molar refractivity (Wildman–Crippen MR) is 114 cm³/mol. The number of aromatic nitrogens is 2. The molecule has 8 heteroatoms. The summed E-state index contributed by atoms with van der Waals surface area (Å²) in [5.74, 6) is 1.40. The average molecular weight is 426 g/mol. The molecule has 5 rings (SSSR count). The van der Waals surface area contributed by atoms with Gasteiger partial charge in [-0.3, -0.25) is 0 Å². The van der Waals surface area contributed by atoms with Crippen molar-refractivity contribution in [3.8, 4) is 22.8 Å². The van der Waals surface area contributed by atoms with Crippen molar-refractivity contribution in [2.24, 2.45) is 5.92 Å². The molecule has 0 amide bonds. The fraction of sp³-hybridized carbons (Fsp3) is 0.391. The summed E-state index contributed by atoms with van der Waals surface area (Å²) >= 11 is 0. The molecule has 2 saturated heterocycles. The van der Waals surface area contributed by atoms with E-state index < -0.39 is 6.61 Å². The molecule has 2 aromatic carbocycles. The van der Waals surface area contributed by atoms with Crippen LogP contribution in [0.4, 0.5) is 14.6 Å². The number of benzene rings is 2. The van der Waals surface area contributed by atoms with Crippen molar-refractivity contribution in [1.29, 1.82) is 0 Å². The highest BCUT2D eigenvalue weighted by Crippen LogP contribution is 2.34. The van der Waals surface area contributed by atoms with Gasteiger partial charge in [0.1, 0.15) is 17.3 Å². The summed E-state index contributed by atoms with van der Waals surface area (Å²) < 4.78 is 29.3. The van der Waals surface area contributed by atoms with E-state index in [9.17, 15) is 13.9 Å². The number of alkyl halides is 2. The first-order valence-electron chi connectivity index (χ1n) is 10.6. The minimum Gasteiger partial charge on any atom is -0.507 e. The predicted octanol–water partition coefficient (Wildman–Crippen LogP) is 4.55. The van der Waals surface area contributed by atoms with E-state index in [0.717, 1.165) is 11.9 Å². The molecular formula is C23H24F2N4O2. The van der Waals surface area contributed by atoms with Crippen molar-refractivity contribution in [3.63, 3.8) is 0 Å². The molecule has 2 fully saturated rings. The number of phenols is 1. The van der Waals surface area contributed by atoms with E-state index in [2.05, 4.69) is 25.6 Å². The second-order valence-corrected chi connectivity index (χ2v) is 8.42. The van der Waals surface area contributed by atoms with Crippen LogP contribution in [0.2, 0.25) is 0 Å². The van der Waals surface area contributed by atoms with Crippen LogP contribution in [0.1, 0.15) is 25.7 Å².